The highest BCUT2D eigenvalue weighted by molar-refractivity contribution is 6.28. The smallest absolute Gasteiger partial charge is 0.341 e. The average molecular weight is 201 g/mol. The second-order valence-corrected chi connectivity index (χ2v) is 3.03. The molecule has 0 aliphatic heterocycles. The molecule has 0 saturated carbocycles. The van der Waals surface area contributed by atoms with Gasteiger partial charge in [-0.2, -0.15) is 0 Å². The zero-order chi connectivity index (χ0) is 9.84. The number of rotatable bonds is 2. The molecule has 0 aromatic carbocycles. The second kappa shape index (κ2) is 4.18. The lowest BCUT2D eigenvalue weighted by Gasteiger charge is -2.06. The lowest BCUT2D eigenvalue weighted by atomic mass is 10.3. The van der Waals surface area contributed by atoms with Crippen molar-refractivity contribution >= 4 is 17.6 Å². The Balaban J connectivity index is 2.72. The molecule has 1 rings (SSSR count). The number of hydrogen-bond donors (Lipinski definition) is 0. The van der Waals surface area contributed by atoms with E-state index in [1.165, 1.54) is 12.4 Å². The van der Waals surface area contributed by atoms with Crippen molar-refractivity contribution in [1.82, 2.24) is 9.97 Å². The van der Waals surface area contributed by atoms with E-state index in [9.17, 15) is 4.79 Å². The van der Waals surface area contributed by atoms with Gasteiger partial charge in [-0.15, -0.1) is 0 Å². The summed E-state index contributed by atoms with van der Waals surface area (Å²) in [6.45, 7) is 3.54. The second-order valence-electron chi connectivity index (χ2n) is 2.69. The molecular formula is C8H9ClN2O2. The fraction of sp³-hybridized carbons (Fsp3) is 0.375. The summed E-state index contributed by atoms with van der Waals surface area (Å²) in [5.74, 6) is -0.438. The summed E-state index contributed by atoms with van der Waals surface area (Å²) in [6, 6.07) is 0. The summed E-state index contributed by atoms with van der Waals surface area (Å²) in [5.41, 5.74) is 0.304. The van der Waals surface area contributed by atoms with Crippen LogP contribution in [-0.2, 0) is 4.74 Å². The van der Waals surface area contributed by atoms with E-state index in [4.69, 9.17) is 16.3 Å². The van der Waals surface area contributed by atoms with Crippen molar-refractivity contribution in [2.24, 2.45) is 0 Å². The molecule has 70 valence electrons. The van der Waals surface area contributed by atoms with Crippen molar-refractivity contribution in [2.45, 2.75) is 20.0 Å². The number of nitrogens with zero attached hydrogens (tertiary/aromatic N) is 2. The number of halogens is 1. The molecule has 0 atom stereocenters. The maximum absolute atomic E-state index is 11.2. The molecule has 1 heterocycles. The van der Waals surface area contributed by atoms with Gasteiger partial charge in [-0.25, -0.2) is 14.8 Å². The van der Waals surface area contributed by atoms with Gasteiger partial charge in [0.25, 0.3) is 0 Å². The minimum atomic E-state index is -0.438. The Labute approximate surface area is 80.9 Å². The van der Waals surface area contributed by atoms with Crippen LogP contribution in [0, 0.1) is 0 Å². The molecule has 0 aliphatic carbocycles. The maximum atomic E-state index is 11.2. The molecule has 0 amide bonds. The summed E-state index contributed by atoms with van der Waals surface area (Å²) in [7, 11) is 0. The van der Waals surface area contributed by atoms with E-state index in [2.05, 4.69) is 9.97 Å². The summed E-state index contributed by atoms with van der Waals surface area (Å²) < 4.78 is 4.91. The zero-order valence-electron chi connectivity index (χ0n) is 7.32. The monoisotopic (exact) mass is 200 g/mol. The SMILES string of the molecule is CC(C)OC(=O)c1cnc(Cl)nc1. The predicted octanol–water partition coefficient (Wildman–Crippen LogP) is 1.70. The fourth-order valence-electron chi connectivity index (χ4n) is 0.700. The molecule has 0 bridgehead atoms. The minimum absolute atomic E-state index is 0.112. The summed E-state index contributed by atoms with van der Waals surface area (Å²) in [5, 5.41) is 0.112. The van der Waals surface area contributed by atoms with Gasteiger partial charge in [0.05, 0.1) is 11.7 Å². The van der Waals surface area contributed by atoms with Gasteiger partial charge in [-0.1, -0.05) is 0 Å². The van der Waals surface area contributed by atoms with Crippen LogP contribution in [0.4, 0.5) is 0 Å². The number of aromatic nitrogens is 2. The van der Waals surface area contributed by atoms with Gasteiger partial charge in [0.1, 0.15) is 0 Å². The summed E-state index contributed by atoms with van der Waals surface area (Å²) >= 11 is 5.45. The first kappa shape index (κ1) is 9.92. The van der Waals surface area contributed by atoms with Gasteiger partial charge >= 0.3 is 5.97 Å². The Hall–Kier alpha value is -1.16. The van der Waals surface area contributed by atoms with Gasteiger partial charge in [0.2, 0.25) is 5.28 Å². The van der Waals surface area contributed by atoms with Crippen LogP contribution in [0.25, 0.3) is 0 Å². The third-order valence-electron chi connectivity index (χ3n) is 1.20. The molecule has 13 heavy (non-hydrogen) atoms. The van der Waals surface area contributed by atoms with Crippen LogP contribution in [-0.4, -0.2) is 22.0 Å². The number of carbonyl (C=O) groups excluding carboxylic acids is 1. The van der Waals surface area contributed by atoms with Gasteiger partial charge < -0.3 is 4.74 Å². The molecule has 0 radical (unpaired) electrons. The molecule has 0 spiro atoms. The lowest BCUT2D eigenvalue weighted by Crippen LogP contribution is -2.12. The first-order valence-corrected chi connectivity index (χ1v) is 4.16. The minimum Gasteiger partial charge on any atom is -0.459 e. The summed E-state index contributed by atoms with van der Waals surface area (Å²) in [6.07, 6.45) is 2.52. The van der Waals surface area contributed by atoms with Crippen LogP contribution in [0.5, 0.6) is 0 Å². The van der Waals surface area contributed by atoms with E-state index in [-0.39, 0.29) is 11.4 Å². The molecule has 5 heteroatoms. The van der Waals surface area contributed by atoms with Crippen LogP contribution in [0.2, 0.25) is 5.28 Å². The van der Waals surface area contributed by atoms with Crippen molar-refractivity contribution < 1.29 is 9.53 Å². The molecule has 1 aromatic rings. The maximum Gasteiger partial charge on any atom is 0.341 e. The highest BCUT2D eigenvalue weighted by Crippen LogP contribution is 2.03. The fourth-order valence-corrected chi connectivity index (χ4v) is 0.797. The van der Waals surface area contributed by atoms with Crippen LogP contribution >= 0.6 is 11.6 Å². The van der Waals surface area contributed by atoms with Gasteiger partial charge in [-0.05, 0) is 25.4 Å². The van der Waals surface area contributed by atoms with Gasteiger partial charge in [0, 0.05) is 12.4 Å². The lowest BCUT2D eigenvalue weighted by molar-refractivity contribution is 0.0377. The normalized spacial score (nSPS) is 10.2. The van der Waals surface area contributed by atoms with Crippen LogP contribution in [0.3, 0.4) is 0 Å². The number of ether oxygens (including phenoxy) is 1. The Morgan fingerprint density at radius 1 is 1.46 bits per heavy atom. The van der Waals surface area contributed by atoms with E-state index in [1.807, 2.05) is 0 Å². The van der Waals surface area contributed by atoms with Crippen LogP contribution in [0.1, 0.15) is 24.2 Å². The zero-order valence-corrected chi connectivity index (χ0v) is 8.08. The molecule has 4 nitrogen and oxygen atoms in total. The Bertz CT molecular complexity index is 298. The van der Waals surface area contributed by atoms with Crippen molar-refractivity contribution in [3.63, 3.8) is 0 Å². The van der Waals surface area contributed by atoms with E-state index >= 15 is 0 Å². The highest BCUT2D eigenvalue weighted by atomic mass is 35.5. The van der Waals surface area contributed by atoms with E-state index in [1.54, 1.807) is 13.8 Å². The molecule has 0 saturated heterocycles. The van der Waals surface area contributed by atoms with Crippen molar-refractivity contribution in [3.8, 4) is 0 Å². The Morgan fingerprint density at radius 2 is 2.00 bits per heavy atom. The predicted molar refractivity (Wildman–Crippen MR) is 47.6 cm³/mol. The van der Waals surface area contributed by atoms with Gasteiger partial charge in [0.15, 0.2) is 0 Å². The third kappa shape index (κ3) is 2.99. The first-order chi connectivity index (χ1) is 6.09. The van der Waals surface area contributed by atoms with Gasteiger partial charge in [-0.3, -0.25) is 0 Å². The molecule has 0 N–H and O–H groups in total. The number of hydrogen-bond acceptors (Lipinski definition) is 4. The quantitative estimate of drug-likeness (QED) is 0.539. The number of carbonyl (C=O) groups is 1. The Morgan fingerprint density at radius 3 is 2.46 bits per heavy atom. The van der Waals surface area contributed by atoms with E-state index in [0.29, 0.717) is 5.56 Å². The molecule has 0 fully saturated rings. The number of esters is 1. The van der Waals surface area contributed by atoms with E-state index in [0.717, 1.165) is 0 Å². The van der Waals surface area contributed by atoms with E-state index < -0.39 is 5.97 Å². The molecule has 0 aliphatic rings. The van der Waals surface area contributed by atoms with Crippen molar-refractivity contribution in [1.29, 1.82) is 0 Å². The first-order valence-electron chi connectivity index (χ1n) is 3.78. The molecule has 1 aromatic heterocycles. The standard InChI is InChI=1S/C8H9ClN2O2/c1-5(2)13-7(12)6-3-10-8(9)11-4-6/h3-5H,1-2H3. The van der Waals surface area contributed by atoms with Crippen molar-refractivity contribution in [2.75, 3.05) is 0 Å². The molecular weight excluding hydrogens is 192 g/mol. The topological polar surface area (TPSA) is 52.1 Å². The average Bonchev–Trinajstić information content (AvgIpc) is 2.04. The molecule has 0 unspecified atom stereocenters. The third-order valence-corrected chi connectivity index (χ3v) is 1.39. The Kier molecular flexibility index (Phi) is 3.19. The highest BCUT2D eigenvalue weighted by Gasteiger charge is 2.09. The largest absolute Gasteiger partial charge is 0.459 e. The summed E-state index contributed by atoms with van der Waals surface area (Å²) in [4.78, 5) is 18.5. The van der Waals surface area contributed by atoms with Crippen LogP contribution < -0.4 is 0 Å². The van der Waals surface area contributed by atoms with Crippen molar-refractivity contribution in [3.05, 3.63) is 23.2 Å². The van der Waals surface area contributed by atoms with Crippen LogP contribution in [0.15, 0.2) is 12.4 Å².